The number of unbranched alkanes of at least 4 members (excludes halogenated alkanes) is 1. The van der Waals surface area contributed by atoms with Gasteiger partial charge in [0.1, 0.15) is 6.42 Å². The molecule has 0 spiro atoms. The molecule has 0 bridgehead atoms. The number of carboxylic acid groups (broad SMARTS) is 2. The Morgan fingerprint density at radius 3 is 1.72 bits per heavy atom. The van der Waals surface area contributed by atoms with E-state index in [2.05, 4.69) is 34.6 Å². The normalized spacial score (nSPS) is 11.6. The SMILES string of the molecule is O=C(O)CC(=O)O.[CH2-]C(CCCC)C(C)(C)C.[Na+]. The predicted octanol–water partition coefficient (Wildman–Crippen LogP) is 0.223. The van der Waals surface area contributed by atoms with E-state index >= 15 is 0 Å². The Morgan fingerprint density at radius 1 is 1.17 bits per heavy atom. The van der Waals surface area contributed by atoms with Gasteiger partial charge in [-0.05, 0) is 0 Å². The van der Waals surface area contributed by atoms with E-state index in [-0.39, 0.29) is 29.6 Å². The molecule has 0 saturated heterocycles. The quantitative estimate of drug-likeness (QED) is 0.425. The first-order valence-electron chi connectivity index (χ1n) is 5.87. The van der Waals surface area contributed by atoms with Gasteiger partial charge in [0, 0.05) is 0 Å². The van der Waals surface area contributed by atoms with E-state index in [4.69, 9.17) is 10.2 Å². The van der Waals surface area contributed by atoms with Crippen molar-refractivity contribution in [3.05, 3.63) is 6.92 Å². The van der Waals surface area contributed by atoms with Gasteiger partial charge in [-0.15, -0.1) is 0 Å². The van der Waals surface area contributed by atoms with E-state index in [0.717, 1.165) is 0 Å². The van der Waals surface area contributed by atoms with Gasteiger partial charge in [0.15, 0.2) is 0 Å². The van der Waals surface area contributed by atoms with Crippen LogP contribution in [0.5, 0.6) is 0 Å². The van der Waals surface area contributed by atoms with Crippen molar-refractivity contribution in [1.29, 1.82) is 0 Å². The second-order valence-corrected chi connectivity index (χ2v) is 5.17. The van der Waals surface area contributed by atoms with Gasteiger partial charge >= 0.3 is 41.5 Å². The molecule has 0 rings (SSSR count). The summed E-state index contributed by atoms with van der Waals surface area (Å²) in [6.07, 6.45) is 3.09. The Bertz CT molecular complexity index is 222. The third-order valence-corrected chi connectivity index (χ3v) is 2.43. The standard InChI is InChI=1S/C10H21.C3H4O4.Na/c1-6-7-8-9(2)10(3,4)5;4-2(5)1-3(6)7;/h9H,2,6-8H2,1,3-5H3;1H2,(H,4,5)(H,6,7);/q-1;;+1. The molecule has 0 aliphatic carbocycles. The summed E-state index contributed by atoms with van der Waals surface area (Å²) in [4.78, 5) is 18.9. The van der Waals surface area contributed by atoms with Crippen LogP contribution in [0.4, 0.5) is 0 Å². The van der Waals surface area contributed by atoms with Crippen molar-refractivity contribution in [2.24, 2.45) is 11.3 Å². The summed E-state index contributed by atoms with van der Waals surface area (Å²) in [5, 5.41) is 15.4. The van der Waals surface area contributed by atoms with Crippen LogP contribution in [0, 0.1) is 18.3 Å². The van der Waals surface area contributed by atoms with E-state index in [1.165, 1.54) is 19.3 Å². The number of hydrogen-bond acceptors (Lipinski definition) is 2. The second kappa shape index (κ2) is 12.0. The molecule has 1 unspecified atom stereocenters. The second-order valence-electron chi connectivity index (χ2n) is 5.17. The monoisotopic (exact) mass is 268 g/mol. The van der Waals surface area contributed by atoms with Crippen molar-refractivity contribution in [2.45, 2.75) is 53.4 Å². The van der Waals surface area contributed by atoms with Crippen LogP contribution < -0.4 is 29.6 Å². The van der Waals surface area contributed by atoms with Crippen LogP contribution >= 0.6 is 0 Å². The van der Waals surface area contributed by atoms with Crippen molar-refractivity contribution in [3.63, 3.8) is 0 Å². The van der Waals surface area contributed by atoms with Crippen molar-refractivity contribution in [1.82, 2.24) is 0 Å². The average Bonchev–Trinajstić information content (AvgIpc) is 2.11. The largest absolute Gasteiger partial charge is 1.00 e. The number of aliphatic carboxylic acids is 2. The number of hydrogen-bond donors (Lipinski definition) is 2. The first-order valence-corrected chi connectivity index (χ1v) is 5.87. The Kier molecular flexibility index (Phi) is 15.4. The van der Waals surface area contributed by atoms with Crippen molar-refractivity contribution in [2.75, 3.05) is 0 Å². The predicted molar refractivity (Wildman–Crippen MR) is 67.7 cm³/mol. The van der Waals surface area contributed by atoms with Gasteiger partial charge in [-0.1, -0.05) is 52.4 Å². The van der Waals surface area contributed by atoms with Gasteiger partial charge in [-0.25, -0.2) is 0 Å². The third kappa shape index (κ3) is 18.3. The van der Waals surface area contributed by atoms with Crippen LogP contribution in [-0.2, 0) is 9.59 Å². The summed E-state index contributed by atoms with van der Waals surface area (Å²) in [5.41, 5.74) is 0.398. The molecule has 5 heteroatoms. The topological polar surface area (TPSA) is 74.6 Å². The zero-order valence-electron chi connectivity index (χ0n) is 12.3. The minimum absolute atomic E-state index is 0. The smallest absolute Gasteiger partial charge is 0.481 e. The molecule has 4 nitrogen and oxygen atoms in total. The van der Waals surface area contributed by atoms with Crippen molar-refractivity contribution in [3.8, 4) is 0 Å². The Hall–Kier alpha value is -0.0600. The molecule has 0 aliphatic rings. The fourth-order valence-electron chi connectivity index (χ4n) is 1.01. The van der Waals surface area contributed by atoms with Crippen LogP contribution in [-0.4, -0.2) is 22.2 Å². The molecular formula is C13H25NaO4. The summed E-state index contributed by atoms with van der Waals surface area (Å²) in [5.74, 6) is -2.01. The molecule has 0 aromatic carbocycles. The van der Waals surface area contributed by atoms with Crippen LogP contribution in [0.15, 0.2) is 0 Å². The van der Waals surface area contributed by atoms with E-state index in [1.54, 1.807) is 0 Å². The summed E-state index contributed by atoms with van der Waals surface area (Å²) in [6.45, 7) is 13.2. The van der Waals surface area contributed by atoms with E-state index < -0.39 is 18.4 Å². The summed E-state index contributed by atoms with van der Waals surface area (Å²) in [7, 11) is 0. The van der Waals surface area contributed by atoms with E-state index in [0.29, 0.717) is 11.3 Å². The molecule has 102 valence electrons. The zero-order valence-corrected chi connectivity index (χ0v) is 14.3. The number of carbonyl (C=O) groups is 2. The molecule has 0 aromatic heterocycles. The first kappa shape index (κ1) is 23.1. The van der Waals surface area contributed by atoms with Gasteiger partial charge in [0.2, 0.25) is 0 Å². The fraction of sp³-hybridized carbons (Fsp3) is 0.769. The molecule has 0 aliphatic heterocycles. The molecule has 0 fully saturated rings. The Balaban J connectivity index is -0.000000251. The summed E-state index contributed by atoms with van der Waals surface area (Å²) in [6, 6.07) is 0. The van der Waals surface area contributed by atoms with Gasteiger partial charge in [0.05, 0.1) is 0 Å². The molecule has 2 N–H and O–H groups in total. The minimum atomic E-state index is -1.31. The van der Waals surface area contributed by atoms with Crippen LogP contribution in [0.3, 0.4) is 0 Å². The van der Waals surface area contributed by atoms with Gasteiger partial charge in [-0.3, -0.25) is 9.59 Å². The summed E-state index contributed by atoms with van der Waals surface area (Å²) < 4.78 is 0. The van der Waals surface area contributed by atoms with Gasteiger partial charge in [0.25, 0.3) is 0 Å². The maximum atomic E-state index is 9.43. The van der Waals surface area contributed by atoms with E-state index in [1.807, 2.05) is 0 Å². The summed E-state index contributed by atoms with van der Waals surface area (Å²) >= 11 is 0. The zero-order chi connectivity index (χ0) is 14.1. The number of rotatable bonds is 5. The van der Waals surface area contributed by atoms with Crippen LogP contribution in [0.2, 0.25) is 0 Å². The molecule has 1 atom stereocenters. The molecule has 0 amide bonds. The maximum Gasteiger partial charge on any atom is 1.00 e. The van der Waals surface area contributed by atoms with Gasteiger partial charge < -0.3 is 17.1 Å². The molecule has 0 aromatic rings. The minimum Gasteiger partial charge on any atom is -0.481 e. The van der Waals surface area contributed by atoms with E-state index in [9.17, 15) is 9.59 Å². The average molecular weight is 268 g/mol. The van der Waals surface area contributed by atoms with Crippen LogP contribution in [0.1, 0.15) is 53.4 Å². The molecule has 18 heavy (non-hydrogen) atoms. The van der Waals surface area contributed by atoms with Crippen molar-refractivity contribution < 1.29 is 49.4 Å². The fourth-order valence-corrected chi connectivity index (χ4v) is 1.01. The van der Waals surface area contributed by atoms with Crippen LogP contribution in [0.25, 0.3) is 0 Å². The number of carboxylic acids is 2. The Labute approximate surface area is 132 Å². The third-order valence-electron chi connectivity index (χ3n) is 2.43. The van der Waals surface area contributed by atoms with Gasteiger partial charge in [-0.2, -0.15) is 5.92 Å². The first-order chi connectivity index (χ1) is 7.61. The molecule has 0 radical (unpaired) electrons. The Morgan fingerprint density at radius 2 is 1.56 bits per heavy atom. The molecule has 0 heterocycles. The molecule has 0 saturated carbocycles. The maximum absolute atomic E-state index is 9.43. The molecular weight excluding hydrogens is 243 g/mol. The van der Waals surface area contributed by atoms with Crippen molar-refractivity contribution >= 4 is 11.9 Å².